The van der Waals surface area contributed by atoms with E-state index < -0.39 is 0 Å². The van der Waals surface area contributed by atoms with Gasteiger partial charge in [-0.2, -0.15) is 0 Å². The predicted octanol–water partition coefficient (Wildman–Crippen LogP) is 6.81. The van der Waals surface area contributed by atoms with Gasteiger partial charge in [0.25, 0.3) is 0 Å². The molecule has 0 heterocycles. The number of allylic oxidation sites excluding steroid dienone is 1. The van der Waals surface area contributed by atoms with E-state index in [0.717, 1.165) is 17.7 Å². The number of benzene rings is 2. The first-order valence-electron chi connectivity index (χ1n) is 9.87. The molecule has 0 saturated heterocycles. The number of fused-ring (bicyclic) bond motifs is 1. The third-order valence-electron chi connectivity index (χ3n) is 5.03. The monoisotopic (exact) mass is 392 g/mol. The van der Waals surface area contributed by atoms with Crippen molar-refractivity contribution in [3.63, 3.8) is 0 Å². The van der Waals surface area contributed by atoms with E-state index in [1.807, 2.05) is 43.0 Å². The van der Waals surface area contributed by atoms with E-state index >= 15 is 0 Å². The lowest BCUT2D eigenvalue weighted by atomic mass is 9.75. The summed E-state index contributed by atoms with van der Waals surface area (Å²) in [4.78, 5) is 13.2. The third-order valence-corrected chi connectivity index (χ3v) is 6.01. The minimum Gasteiger partial charge on any atom is -0.462 e. The van der Waals surface area contributed by atoms with Gasteiger partial charge in [0.15, 0.2) is 0 Å². The van der Waals surface area contributed by atoms with Crippen molar-refractivity contribution < 1.29 is 9.53 Å². The molecule has 0 unspecified atom stereocenters. The molecule has 2 nitrogen and oxygen atoms in total. The van der Waals surface area contributed by atoms with Crippen molar-refractivity contribution in [1.29, 1.82) is 0 Å². The fourth-order valence-electron chi connectivity index (χ4n) is 3.46. The zero-order valence-electron chi connectivity index (χ0n) is 17.1. The lowest BCUT2D eigenvalue weighted by molar-refractivity contribution is 0.0526. The highest BCUT2D eigenvalue weighted by Crippen LogP contribution is 2.43. The van der Waals surface area contributed by atoms with Gasteiger partial charge in [-0.3, -0.25) is 0 Å². The summed E-state index contributed by atoms with van der Waals surface area (Å²) in [7, 11) is 0. The average Bonchev–Trinajstić information content (AvgIpc) is 2.69. The van der Waals surface area contributed by atoms with Crippen molar-refractivity contribution in [2.24, 2.45) is 0 Å². The Hall–Kier alpha value is -2.26. The Balaban J connectivity index is 1.83. The summed E-state index contributed by atoms with van der Waals surface area (Å²) in [5, 5.41) is 0. The Labute approximate surface area is 172 Å². The molecule has 0 bridgehead atoms. The Morgan fingerprint density at radius 3 is 2.43 bits per heavy atom. The van der Waals surface area contributed by atoms with Crippen molar-refractivity contribution in [3.8, 4) is 0 Å². The van der Waals surface area contributed by atoms with Gasteiger partial charge in [-0.15, -0.1) is 11.8 Å². The standard InChI is InChI=1S/C25H28O2S/c1-5-27-24(26)20-12-9-18(10-13-20)7-8-19-11-14-22-21(17-19)23(28-6-2)15-16-25(22,3)4/h7-15,17H,5-6,16H2,1-4H3/b8-7+. The molecule has 1 aliphatic rings. The molecule has 0 spiro atoms. The quantitative estimate of drug-likeness (QED) is 0.399. The lowest BCUT2D eigenvalue weighted by Crippen LogP contribution is -2.21. The third kappa shape index (κ3) is 4.59. The second kappa shape index (κ2) is 8.83. The Bertz CT molecular complexity index is 905. The summed E-state index contributed by atoms with van der Waals surface area (Å²) in [5.41, 5.74) is 5.81. The van der Waals surface area contributed by atoms with Gasteiger partial charge in [0.2, 0.25) is 0 Å². The maximum absolute atomic E-state index is 11.8. The van der Waals surface area contributed by atoms with E-state index in [-0.39, 0.29) is 11.4 Å². The molecule has 0 radical (unpaired) electrons. The summed E-state index contributed by atoms with van der Waals surface area (Å²) < 4.78 is 5.03. The van der Waals surface area contributed by atoms with Crippen LogP contribution in [0.2, 0.25) is 0 Å². The van der Waals surface area contributed by atoms with E-state index in [2.05, 4.69) is 57.2 Å². The largest absolute Gasteiger partial charge is 0.462 e. The molecule has 0 amide bonds. The molecule has 146 valence electrons. The van der Waals surface area contributed by atoms with Gasteiger partial charge >= 0.3 is 5.97 Å². The molecule has 0 atom stereocenters. The Morgan fingerprint density at radius 2 is 1.75 bits per heavy atom. The average molecular weight is 393 g/mol. The van der Waals surface area contributed by atoms with Crippen LogP contribution in [0.4, 0.5) is 0 Å². The predicted molar refractivity (Wildman–Crippen MR) is 122 cm³/mol. The minimum atomic E-state index is -0.275. The maximum atomic E-state index is 11.8. The zero-order chi connectivity index (χ0) is 20.1. The van der Waals surface area contributed by atoms with Gasteiger partial charge in [0.05, 0.1) is 12.2 Å². The first-order valence-corrected chi connectivity index (χ1v) is 10.9. The number of hydrogen-bond donors (Lipinski definition) is 0. The molecular formula is C25H28O2S. The van der Waals surface area contributed by atoms with Gasteiger partial charge in [0.1, 0.15) is 0 Å². The molecule has 3 rings (SSSR count). The van der Waals surface area contributed by atoms with Crippen LogP contribution in [0.3, 0.4) is 0 Å². The first kappa shape index (κ1) is 20.5. The highest BCUT2D eigenvalue weighted by atomic mass is 32.2. The number of carbonyl (C=O) groups excluding carboxylic acids is 1. The molecule has 28 heavy (non-hydrogen) atoms. The van der Waals surface area contributed by atoms with Gasteiger partial charge < -0.3 is 4.74 Å². The van der Waals surface area contributed by atoms with E-state index in [1.54, 1.807) is 0 Å². The molecule has 0 aliphatic heterocycles. The van der Waals surface area contributed by atoms with Crippen molar-refractivity contribution >= 4 is 34.8 Å². The molecule has 1 aliphatic carbocycles. The highest BCUT2D eigenvalue weighted by molar-refractivity contribution is 8.08. The van der Waals surface area contributed by atoms with Crippen molar-refractivity contribution in [3.05, 3.63) is 76.4 Å². The molecule has 0 fully saturated rings. The fourth-order valence-corrected chi connectivity index (χ4v) is 4.29. The molecule has 0 aromatic heterocycles. The van der Waals surface area contributed by atoms with Crippen molar-refractivity contribution in [2.75, 3.05) is 12.4 Å². The Morgan fingerprint density at radius 1 is 1.07 bits per heavy atom. The molecule has 2 aromatic rings. The first-order chi connectivity index (χ1) is 13.4. The van der Waals surface area contributed by atoms with Crippen molar-refractivity contribution in [1.82, 2.24) is 0 Å². The second-order valence-corrected chi connectivity index (χ2v) is 8.88. The summed E-state index contributed by atoms with van der Waals surface area (Å²) in [6.45, 7) is 9.04. The number of thioether (sulfide) groups is 1. The molecule has 2 aromatic carbocycles. The maximum Gasteiger partial charge on any atom is 0.338 e. The SMILES string of the molecule is CCOC(=O)c1ccc(/C=C/c2ccc3c(c2)C(SCC)=CCC3(C)C)cc1. The normalized spacial score (nSPS) is 15.2. The molecule has 0 N–H and O–H groups in total. The lowest BCUT2D eigenvalue weighted by Gasteiger charge is -2.32. The van der Waals surface area contributed by atoms with E-state index in [0.29, 0.717) is 12.2 Å². The van der Waals surface area contributed by atoms with Gasteiger partial charge in [-0.05, 0) is 65.0 Å². The molecule has 3 heteroatoms. The minimum absolute atomic E-state index is 0.179. The fraction of sp³-hybridized carbons (Fsp3) is 0.320. The van der Waals surface area contributed by atoms with Crippen LogP contribution in [0.1, 0.15) is 66.7 Å². The number of ether oxygens (including phenoxy) is 1. The van der Waals surface area contributed by atoms with Gasteiger partial charge in [0, 0.05) is 4.91 Å². The van der Waals surface area contributed by atoms with Crippen LogP contribution in [-0.4, -0.2) is 18.3 Å². The number of rotatable bonds is 6. The molecular weight excluding hydrogens is 364 g/mol. The van der Waals surface area contributed by atoms with E-state index in [1.165, 1.54) is 21.6 Å². The van der Waals surface area contributed by atoms with Crippen LogP contribution in [0.15, 0.2) is 48.5 Å². The summed E-state index contributed by atoms with van der Waals surface area (Å²) in [5.74, 6) is 0.807. The Kier molecular flexibility index (Phi) is 6.46. The van der Waals surface area contributed by atoms with Crippen LogP contribution in [0, 0.1) is 0 Å². The van der Waals surface area contributed by atoms with Gasteiger partial charge in [-0.25, -0.2) is 4.79 Å². The second-order valence-electron chi connectivity index (χ2n) is 7.57. The summed E-state index contributed by atoms with van der Waals surface area (Å²) >= 11 is 1.92. The summed E-state index contributed by atoms with van der Waals surface area (Å²) in [6, 6.07) is 14.3. The van der Waals surface area contributed by atoms with Crippen LogP contribution in [-0.2, 0) is 10.2 Å². The van der Waals surface area contributed by atoms with Crippen LogP contribution in [0.25, 0.3) is 17.1 Å². The summed E-state index contributed by atoms with van der Waals surface area (Å²) in [6.07, 6.45) is 7.69. The van der Waals surface area contributed by atoms with Crippen LogP contribution < -0.4 is 0 Å². The smallest absolute Gasteiger partial charge is 0.338 e. The topological polar surface area (TPSA) is 26.3 Å². The zero-order valence-corrected chi connectivity index (χ0v) is 17.9. The van der Waals surface area contributed by atoms with Crippen LogP contribution >= 0.6 is 11.8 Å². The van der Waals surface area contributed by atoms with E-state index in [4.69, 9.17) is 4.74 Å². The van der Waals surface area contributed by atoms with E-state index in [9.17, 15) is 4.79 Å². The highest BCUT2D eigenvalue weighted by Gasteiger charge is 2.27. The van der Waals surface area contributed by atoms with Gasteiger partial charge in [-0.1, -0.05) is 63.3 Å². The molecule has 0 saturated carbocycles. The van der Waals surface area contributed by atoms with Crippen LogP contribution in [0.5, 0.6) is 0 Å². The number of carbonyl (C=O) groups is 1. The number of esters is 1. The number of hydrogen-bond acceptors (Lipinski definition) is 3. The van der Waals surface area contributed by atoms with Crippen molar-refractivity contribution in [2.45, 2.75) is 39.5 Å².